The van der Waals surface area contributed by atoms with Gasteiger partial charge in [0.05, 0.1) is 18.1 Å². The third kappa shape index (κ3) is 1.27. The first kappa shape index (κ1) is 10.9. The molecule has 0 N–H and O–H groups in total. The highest BCUT2D eigenvalue weighted by Gasteiger charge is 2.61. The van der Waals surface area contributed by atoms with Gasteiger partial charge in [-0.15, -0.1) is 0 Å². The number of ether oxygens (including phenoxy) is 2. The summed E-state index contributed by atoms with van der Waals surface area (Å²) in [6, 6.07) is 2.37. The molecule has 0 amide bonds. The molecule has 2 bridgehead atoms. The maximum Gasteiger partial charge on any atom is 0.218 e. The molecular weight excluding hydrogens is 218 g/mol. The molecule has 2 aliphatic heterocycles. The Morgan fingerprint density at radius 3 is 2.88 bits per heavy atom. The Hall–Kier alpha value is -1.18. The van der Waals surface area contributed by atoms with Crippen molar-refractivity contribution < 1.29 is 14.3 Å². The number of carbonyl (C=O) groups excluding carboxylic acids is 1. The monoisotopic (exact) mass is 233 g/mol. The number of allylic oxidation sites excluding steroid dienone is 2. The number of carbonyl (C=O) groups is 1. The Morgan fingerprint density at radius 2 is 2.18 bits per heavy atom. The van der Waals surface area contributed by atoms with Crippen molar-refractivity contribution in [1.82, 2.24) is 0 Å². The Morgan fingerprint density at radius 1 is 1.41 bits per heavy atom. The molecular formula is C13H15NO3. The van der Waals surface area contributed by atoms with E-state index in [1.165, 1.54) is 11.1 Å². The molecule has 0 aromatic rings. The molecule has 0 spiro atoms. The molecule has 0 saturated carbocycles. The normalized spacial score (nSPS) is 44.5. The van der Waals surface area contributed by atoms with Gasteiger partial charge in [-0.1, -0.05) is 11.1 Å². The van der Waals surface area contributed by atoms with Crippen LogP contribution in [0.4, 0.5) is 0 Å². The average molecular weight is 233 g/mol. The Kier molecular flexibility index (Phi) is 2.19. The second-order valence-corrected chi connectivity index (χ2v) is 5.34. The predicted octanol–water partition coefficient (Wildman–Crippen LogP) is 1.57. The van der Waals surface area contributed by atoms with Crippen LogP contribution in [0.3, 0.4) is 0 Å². The minimum atomic E-state index is -0.724. The zero-order chi connectivity index (χ0) is 12.2. The van der Waals surface area contributed by atoms with Crippen molar-refractivity contribution in [3.63, 3.8) is 0 Å². The molecule has 0 unspecified atom stereocenters. The van der Waals surface area contributed by atoms with Crippen molar-refractivity contribution in [2.45, 2.75) is 39.1 Å². The molecule has 4 heteroatoms. The molecule has 17 heavy (non-hydrogen) atoms. The Balaban J connectivity index is 2.10. The second kappa shape index (κ2) is 3.41. The van der Waals surface area contributed by atoms with Gasteiger partial charge in [-0.2, -0.15) is 5.26 Å². The van der Waals surface area contributed by atoms with Crippen LogP contribution in [0, 0.1) is 22.7 Å². The first-order valence-corrected chi connectivity index (χ1v) is 5.96. The van der Waals surface area contributed by atoms with Gasteiger partial charge in [-0.25, -0.2) is 0 Å². The van der Waals surface area contributed by atoms with Crippen LogP contribution in [0.25, 0.3) is 0 Å². The summed E-state index contributed by atoms with van der Waals surface area (Å²) in [5.74, 6) is -0.297. The highest BCUT2D eigenvalue weighted by atomic mass is 16.7. The predicted molar refractivity (Wildman–Crippen MR) is 58.8 cm³/mol. The summed E-state index contributed by atoms with van der Waals surface area (Å²) in [4.78, 5) is 12.2. The molecule has 90 valence electrons. The largest absolute Gasteiger partial charge is 0.343 e. The van der Waals surface area contributed by atoms with Gasteiger partial charge in [0.15, 0.2) is 5.78 Å². The first-order valence-electron chi connectivity index (χ1n) is 5.96. The summed E-state index contributed by atoms with van der Waals surface area (Å²) in [7, 11) is 0. The molecule has 0 aromatic carbocycles. The molecule has 4 atom stereocenters. The van der Waals surface area contributed by atoms with Crippen LogP contribution in [-0.4, -0.2) is 24.8 Å². The van der Waals surface area contributed by atoms with Crippen molar-refractivity contribution >= 4 is 5.78 Å². The maximum atomic E-state index is 12.2. The van der Waals surface area contributed by atoms with Gasteiger partial charge < -0.3 is 9.47 Å². The zero-order valence-corrected chi connectivity index (χ0v) is 10.0. The van der Waals surface area contributed by atoms with Crippen molar-refractivity contribution in [1.29, 1.82) is 5.26 Å². The quantitative estimate of drug-likeness (QED) is 0.596. The maximum absolute atomic E-state index is 12.2. The number of hydrogen-bond acceptors (Lipinski definition) is 4. The fourth-order valence-corrected chi connectivity index (χ4v) is 3.24. The summed E-state index contributed by atoms with van der Waals surface area (Å²) >= 11 is 0. The average Bonchev–Trinajstić information content (AvgIpc) is 2.77. The van der Waals surface area contributed by atoms with E-state index in [9.17, 15) is 10.1 Å². The van der Waals surface area contributed by atoms with Crippen LogP contribution in [0.2, 0.25) is 0 Å². The number of ketones is 1. The van der Waals surface area contributed by atoms with Crippen LogP contribution < -0.4 is 0 Å². The van der Waals surface area contributed by atoms with E-state index in [1.54, 1.807) is 0 Å². The number of nitrogens with zero attached hydrogens (tertiary/aromatic N) is 1. The number of rotatable bonds is 0. The molecule has 3 rings (SSSR count). The van der Waals surface area contributed by atoms with E-state index >= 15 is 0 Å². The standard InChI is InChI=1S/C13H15NO3/c1-7-3-9-11(15)12-16-5-10(17-12)13(9,6-14)4-8(7)2/h9-10,12H,3-5H2,1-2H3/t9-,10+,12+,13+/m0/s1. The van der Waals surface area contributed by atoms with E-state index in [0.29, 0.717) is 19.4 Å². The lowest BCUT2D eigenvalue weighted by Crippen LogP contribution is -2.53. The highest BCUT2D eigenvalue weighted by molar-refractivity contribution is 5.87. The highest BCUT2D eigenvalue weighted by Crippen LogP contribution is 2.52. The van der Waals surface area contributed by atoms with Crippen molar-refractivity contribution in [2.24, 2.45) is 11.3 Å². The van der Waals surface area contributed by atoms with E-state index in [1.807, 2.05) is 13.8 Å². The second-order valence-electron chi connectivity index (χ2n) is 5.34. The minimum absolute atomic E-state index is 0.0489. The van der Waals surface area contributed by atoms with E-state index in [-0.39, 0.29) is 17.8 Å². The smallest absolute Gasteiger partial charge is 0.218 e. The van der Waals surface area contributed by atoms with Crippen molar-refractivity contribution in [3.8, 4) is 6.07 Å². The van der Waals surface area contributed by atoms with Crippen LogP contribution in [0.15, 0.2) is 11.1 Å². The van der Waals surface area contributed by atoms with Crippen LogP contribution >= 0.6 is 0 Å². The topological polar surface area (TPSA) is 59.3 Å². The van der Waals surface area contributed by atoms with E-state index in [2.05, 4.69) is 6.07 Å². The third-order valence-corrected chi connectivity index (χ3v) is 4.46. The Bertz CT molecular complexity index is 462. The molecule has 2 heterocycles. The molecule has 2 fully saturated rings. The van der Waals surface area contributed by atoms with Gasteiger partial charge in [-0.05, 0) is 26.7 Å². The van der Waals surface area contributed by atoms with Crippen LogP contribution in [0.1, 0.15) is 26.7 Å². The summed E-state index contributed by atoms with van der Waals surface area (Å²) in [6.45, 7) is 4.45. The number of hydrogen-bond donors (Lipinski definition) is 0. The van der Waals surface area contributed by atoms with Crippen molar-refractivity contribution in [2.75, 3.05) is 6.61 Å². The van der Waals surface area contributed by atoms with E-state index in [4.69, 9.17) is 9.47 Å². The summed E-state index contributed by atoms with van der Waals surface area (Å²) in [5.41, 5.74) is 1.74. The van der Waals surface area contributed by atoms with Gasteiger partial charge in [0.2, 0.25) is 6.29 Å². The number of nitriles is 1. The summed E-state index contributed by atoms with van der Waals surface area (Å²) in [6.07, 6.45) is 0.339. The molecule has 3 aliphatic rings. The Labute approximate surface area is 100 Å². The van der Waals surface area contributed by atoms with Gasteiger partial charge in [0.1, 0.15) is 6.10 Å². The summed E-state index contributed by atoms with van der Waals surface area (Å²) < 4.78 is 10.9. The SMILES string of the molecule is CC1=C(C)C[C@]2(C#N)[C@H]3CO[C@H](O3)C(=O)[C@@H]2C1. The fourth-order valence-electron chi connectivity index (χ4n) is 3.24. The molecule has 4 nitrogen and oxygen atoms in total. The lowest BCUT2D eigenvalue weighted by molar-refractivity contribution is -0.172. The minimum Gasteiger partial charge on any atom is -0.343 e. The van der Waals surface area contributed by atoms with Crippen LogP contribution in [0.5, 0.6) is 0 Å². The molecule has 0 aromatic heterocycles. The zero-order valence-electron chi connectivity index (χ0n) is 10.0. The van der Waals surface area contributed by atoms with Gasteiger partial charge in [0, 0.05) is 5.92 Å². The third-order valence-electron chi connectivity index (χ3n) is 4.46. The van der Waals surface area contributed by atoms with Crippen LogP contribution in [-0.2, 0) is 14.3 Å². The lowest BCUT2D eigenvalue weighted by Gasteiger charge is -2.44. The lowest BCUT2D eigenvalue weighted by atomic mass is 9.60. The number of Topliss-reactive ketones (excluding diaryl/α,β-unsaturated/α-hetero) is 1. The molecule has 1 aliphatic carbocycles. The van der Waals surface area contributed by atoms with Crippen molar-refractivity contribution in [3.05, 3.63) is 11.1 Å². The first-order chi connectivity index (χ1) is 8.08. The summed E-state index contributed by atoms with van der Waals surface area (Å²) in [5, 5.41) is 9.56. The van der Waals surface area contributed by atoms with Gasteiger partial charge in [0.25, 0.3) is 0 Å². The molecule has 0 radical (unpaired) electrons. The number of fused-ring (bicyclic) bond motifs is 4. The van der Waals surface area contributed by atoms with E-state index in [0.717, 1.165) is 0 Å². The van der Waals surface area contributed by atoms with Gasteiger partial charge >= 0.3 is 0 Å². The fraction of sp³-hybridized carbons (Fsp3) is 0.692. The molecule has 2 saturated heterocycles. The van der Waals surface area contributed by atoms with E-state index < -0.39 is 11.7 Å². The van der Waals surface area contributed by atoms with Gasteiger partial charge in [-0.3, -0.25) is 4.79 Å².